The van der Waals surface area contributed by atoms with Crippen LogP contribution in [0, 0.1) is 0 Å². The van der Waals surface area contributed by atoms with E-state index < -0.39 is 5.97 Å². The van der Waals surface area contributed by atoms with Crippen LogP contribution in [0.5, 0.6) is 11.8 Å². The summed E-state index contributed by atoms with van der Waals surface area (Å²) in [5.41, 5.74) is 0.235. The second-order valence-electron chi connectivity index (χ2n) is 6.63. The number of ether oxygens (including phenoxy) is 2. The van der Waals surface area contributed by atoms with Gasteiger partial charge in [-0.3, -0.25) is 0 Å². The Bertz CT molecular complexity index is 739. The summed E-state index contributed by atoms with van der Waals surface area (Å²) in [5.74, 6) is 0.999. The van der Waals surface area contributed by atoms with Crippen molar-refractivity contribution < 1.29 is 14.3 Å². The molecule has 0 atom stereocenters. The maximum Gasteiger partial charge on any atom is 0.337 e. The normalized spacial score (nSPS) is 11.0. The molecule has 0 fully saturated rings. The van der Waals surface area contributed by atoms with Gasteiger partial charge in [0, 0.05) is 19.6 Å². The van der Waals surface area contributed by atoms with E-state index in [-0.39, 0.29) is 11.5 Å². The number of esters is 1. The zero-order valence-electron chi connectivity index (χ0n) is 15.3. The smallest absolute Gasteiger partial charge is 0.337 e. The van der Waals surface area contributed by atoms with Gasteiger partial charge in [-0.15, -0.1) is 0 Å². The number of carbonyl (C=O) groups is 1. The maximum absolute atomic E-state index is 11.5. The Kier molecular flexibility index (Phi) is 5.41. The maximum atomic E-state index is 11.5. The SMILES string of the molecule is COC(=O)c1ccc(Oc2nc(NC(C)(C)C)nc(N(C)C)n2)cc1. The molecule has 2 aromatic rings. The van der Waals surface area contributed by atoms with Crippen molar-refractivity contribution in [3.63, 3.8) is 0 Å². The summed E-state index contributed by atoms with van der Waals surface area (Å²) in [4.78, 5) is 26.2. The number of hydrogen-bond donors (Lipinski definition) is 1. The van der Waals surface area contributed by atoms with Gasteiger partial charge in [0.05, 0.1) is 12.7 Å². The molecular formula is C17H23N5O3. The van der Waals surface area contributed by atoms with Crippen LogP contribution >= 0.6 is 0 Å². The predicted molar refractivity (Wildman–Crippen MR) is 95.4 cm³/mol. The average molecular weight is 345 g/mol. The molecule has 25 heavy (non-hydrogen) atoms. The first-order chi connectivity index (χ1) is 11.7. The topological polar surface area (TPSA) is 89.5 Å². The van der Waals surface area contributed by atoms with Crippen molar-refractivity contribution in [3.8, 4) is 11.8 Å². The molecule has 0 spiro atoms. The highest BCUT2D eigenvalue weighted by Crippen LogP contribution is 2.22. The van der Waals surface area contributed by atoms with Gasteiger partial charge in [0.25, 0.3) is 0 Å². The largest absolute Gasteiger partial charge is 0.465 e. The molecular weight excluding hydrogens is 322 g/mol. The molecule has 1 N–H and O–H groups in total. The van der Waals surface area contributed by atoms with Gasteiger partial charge in [0.1, 0.15) is 5.75 Å². The minimum Gasteiger partial charge on any atom is -0.465 e. The lowest BCUT2D eigenvalue weighted by atomic mass is 10.1. The van der Waals surface area contributed by atoms with E-state index in [0.29, 0.717) is 23.2 Å². The van der Waals surface area contributed by atoms with Crippen LogP contribution in [0.2, 0.25) is 0 Å². The van der Waals surface area contributed by atoms with Crippen molar-refractivity contribution in [3.05, 3.63) is 29.8 Å². The third-order valence-electron chi connectivity index (χ3n) is 2.97. The highest BCUT2D eigenvalue weighted by molar-refractivity contribution is 5.89. The van der Waals surface area contributed by atoms with Crippen LogP contribution in [-0.2, 0) is 4.74 Å². The van der Waals surface area contributed by atoms with Crippen LogP contribution in [0.1, 0.15) is 31.1 Å². The molecule has 134 valence electrons. The summed E-state index contributed by atoms with van der Waals surface area (Å²) in [6.07, 6.45) is 0. The molecule has 1 aromatic heterocycles. The molecule has 0 aliphatic rings. The molecule has 0 aliphatic carbocycles. The lowest BCUT2D eigenvalue weighted by Gasteiger charge is -2.21. The Labute approximate surface area is 147 Å². The van der Waals surface area contributed by atoms with Crippen molar-refractivity contribution in [2.45, 2.75) is 26.3 Å². The van der Waals surface area contributed by atoms with Gasteiger partial charge in [-0.2, -0.15) is 15.0 Å². The first-order valence-electron chi connectivity index (χ1n) is 7.76. The first-order valence-corrected chi connectivity index (χ1v) is 7.76. The number of nitrogens with zero attached hydrogens (tertiary/aromatic N) is 4. The van der Waals surface area contributed by atoms with Gasteiger partial charge in [0.2, 0.25) is 11.9 Å². The Hall–Kier alpha value is -2.90. The first kappa shape index (κ1) is 18.4. The second kappa shape index (κ2) is 7.33. The van der Waals surface area contributed by atoms with Gasteiger partial charge in [-0.1, -0.05) is 0 Å². The van der Waals surface area contributed by atoms with Crippen LogP contribution in [0.3, 0.4) is 0 Å². The number of hydrogen-bond acceptors (Lipinski definition) is 8. The van der Waals surface area contributed by atoms with Crippen molar-refractivity contribution >= 4 is 17.9 Å². The molecule has 0 saturated carbocycles. The van der Waals surface area contributed by atoms with Crippen molar-refractivity contribution in [1.82, 2.24) is 15.0 Å². The van der Waals surface area contributed by atoms with Gasteiger partial charge < -0.3 is 19.7 Å². The lowest BCUT2D eigenvalue weighted by Crippen LogP contribution is -2.28. The molecule has 0 radical (unpaired) electrons. The number of rotatable bonds is 5. The van der Waals surface area contributed by atoms with Crippen LogP contribution in [0.15, 0.2) is 24.3 Å². The van der Waals surface area contributed by atoms with E-state index in [1.54, 1.807) is 29.2 Å². The van der Waals surface area contributed by atoms with Gasteiger partial charge in [-0.25, -0.2) is 4.79 Å². The molecule has 0 amide bonds. The fraction of sp³-hybridized carbons (Fsp3) is 0.412. The number of anilines is 2. The number of carbonyl (C=O) groups excluding carboxylic acids is 1. The summed E-state index contributed by atoms with van der Waals surface area (Å²) in [5, 5.41) is 3.20. The molecule has 0 bridgehead atoms. The predicted octanol–water partition coefficient (Wildman–Crippen LogP) is 2.73. The van der Waals surface area contributed by atoms with Crippen molar-refractivity contribution in [2.75, 3.05) is 31.4 Å². The van der Waals surface area contributed by atoms with E-state index in [9.17, 15) is 4.79 Å². The summed E-state index contributed by atoms with van der Waals surface area (Å²) in [6.45, 7) is 6.04. The molecule has 8 heteroatoms. The lowest BCUT2D eigenvalue weighted by molar-refractivity contribution is 0.0600. The van der Waals surface area contributed by atoms with E-state index >= 15 is 0 Å². The van der Waals surface area contributed by atoms with Gasteiger partial charge in [0.15, 0.2) is 0 Å². The highest BCUT2D eigenvalue weighted by atomic mass is 16.5. The van der Waals surface area contributed by atoms with Crippen LogP contribution in [-0.4, -0.2) is 47.7 Å². The van der Waals surface area contributed by atoms with E-state index in [1.165, 1.54) is 7.11 Å². The van der Waals surface area contributed by atoms with E-state index in [2.05, 4.69) is 25.0 Å². The third kappa shape index (κ3) is 5.30. The Morgan fingerprint density at radius 1 is 1.08 bits per heavy atom. The van der Waals surface area contributed by atoms with Crippen molar-refractivity contribution in [1.29, 1.82) is 0 Å². The fourth-order valence-electron chi connectivity index (χ4n) is 1.87. The number of nitrogens with one attached hydrogen (secondary N) is 1. The van der Waals surface area contributed by atoms with E-state index in [0.717, 1.165) is 0 Å². The molecule has 0 aliphatic heterocycles. The van der Waals surface area contributed by atoms with E-state index in [4.69, 9.17) is 4.74 Å². The Balaban J connectivity index is 2.27. The van der Waals surface area contributed by atoms with Gasteiger partial charge in [-0.05, 0) is 45.0 Å². The fourth-order valence-corrected chi connectivity index (χ4v) is 1.87. The van der Waals surface area contributed by atoms with Crippen LogP contribution in [0.25, 0.3) is 0 Å². The molecule has 1 heterocycles. The molecule has 0 saturated heterocycles. The molecule has 0 unspecified atom stereocenters. The molecule has 2 rings (SSSR count). The molecule has 1 aromatic carbocycles. The van der Waals surface area contributed by atoms with Crippen LogP contribution in [0.4, 0.5) is 11.9 Å². The zero-order valence-corrected chi connectivity index (χ0v) is 15.3. The Morgan fingerprint density at radius 2 is 1.72 bits per heavy atom. The summed E-state index contributed by atoms with van der Waals surface area (Å²) in [6, 6.07) is 6.70. The number of methoxy groups -OCH3 is 1. The molecule has 8 nitrogen and oxygen atoms in total. The highest BCUT2D eigenvalue weighted by Gasteiger charge is 2.16. The van der Waals surface area contributed by atoms with Crippen molar-refractivity contribution in [2.24, 2.45) is 0 Å². The third-order valence-corrected chi connectivity index (χ3v) is 2.97. The van der Waals surface area contributed by atoms with Crippen LogP contribution < -0.4 is 15.0 Å². The summed E-state index contributed by atoms with van der Waals surface area (Å²) in [7, 11) is 5.01. The summed E-state index contributed by atoms with van der Waals surface area (Å²) >= 11 is 0. The Morgan fingerprint density at radius 3 is 2.24 bits per heavy atom. The monoisotopic (exact) mass is 345 g/mol. The number of aromatic nitrogens is 3. The average Bonchev–Trinajstić information content (AvgIpc) is 2.53. The quantitative estimate of drug-likeness (QED) is 0.828. The minimum absolute atomic E-state index is 0.163. The van der Waals surface area contributed by atoms with E-state index in [1.807, 2.05) is 34.9 Å². The summed E-state index contributed by atoms with van der Waals surface area (Å²) < 4.78 is 10.4. The van der Waals surface area contributed by atoms with Gasteiger partial charge >= 0.3 is 12.0 Å². The zero-order chi connectivity index (χ0) is 18.6. The standard InChI is InChI=1S/C17H23N5O3/c1-17(2,3)21-14-18-15(22(4)5)20-16(19-14)25-12-9-7-11(8-10-12)13(23)24-6/h7-10H,1-6H3,(H,18,19,20,21). The number of benzene rings is 1. The second-order valence-corrected chi connectivity index (χ2v) is 6.63. The minimum atomic E-state index is -0.404.